The molecule has 7 aromatic carbocycles. The van der Waals surface area contributed by atoms with Crippen molar-refractivity contribution in [2.45, 2.75) is 25.7 Å². The van der Waals surface area contributed by atoms with Crippen LogP contribution < -0.4 is 9.80 Å². The number of rotatable bonds is 14. The van der Waals surface area contributed by atoms with Crippen LogP contribution in [-0.2, 0) is 31.9 Å². The van der Waals surface area contributed by atoms with Crippen molar-refractivity contribution in [1.82, 2.24) is 9.97 Å². The van der Waals surface area contributed by atoms with E-state index in [1.54, 1.807) is 0 Å². The maximum Gasteiger partial charge on any atom is 0.305 e. The third kappa shape index (κ3) is 8.93. The molecule has 0 aliphatic rings. The minimum absolute atomic E-state index is 0.218. The van der Waals surface area contributed by atoms with Crippen LogP contribution in [0, 0.1) is 0 Å². The zero-order valence-electron chi connectivity index (χ0n) is 33.6. The summed E-state index contributed by atoms with van der Waals surface area (Å²) >= 11 is 0. The Morgan fingerprint density at radius 2 is 0.700 bits per heavy atom. The predicted octanol–water partition coefficient (Wildman–Crippen LogP) is 12.1. The zero-order chi connectivity index (χ0) is 41.3. The molecule has 0 aliphatic carbocycles. The summed E-state index contributed by atoms with van der Waals surface area (Å²) < 4.78 is 9.68. The molecule has 8 heteroatoms. The molecule has 0 spiro atoms. The van der Waals surface area contributed by atoms with Crippen LogP contribution in [0.5, 0.6) is 0 Å². The number of carbonyl (C=O) groups excluding carboxylic acids is 2. The molecule has 8 aromatic rings. The minimum Gasteiger partial charge on any atom is -0.469 e. The summed E-state index contributed by atoms with van der Waals surface area (Å²) in [5.41, 5.74) is 13.3. The molecule has 0 radical (unpaired) electrons. The first-order valence-electron chi connectivity index (χ1n) is 20.0. The molecule has 0 bridgehead atoms. The number of hydrogen-bond acceptors (Lipinski definition) is 8. The molecule has 8 nitrogen and oxygen atoms in total. The highest BCUT2D eigenvalue weighted by molar-refractivity contribution is 5.88. The van der Waals surface area contributed by atoms with Crippen LogP contribution in [0.3, 0.4) is 0 Å². The Hall–Kier alpha value is -7.58. The van der Waals surface area contributed by atoms with Crippen LogP contribution in [0.25, 0.3) is 33.5 Å². The van der Waals surface area contributed by atoms with Crippen LogP contribution in [0.15, 0.2) is 182 Å². The molecule has 0 fully saturated rings. The minimum atomic E-state index is -0.218. The van der Waals surface area contributed by atoms with Gasteiger partial charge >= 0.3 is 11.9 Å². The van der Waals surface area contributed by atoms with Gasteiger partial charge in [-0.15, -0.1) is 0 Å². The van der Waals surface area contributed by atoms with Crippen LogP contribution in [-0.4, -0.2) is 36.1 Å². The SMILES string of the molecule is COC(=O)CCc1ccc(N(c2ccccc2)c2ccc(-c3nc4ccccc4nc3-c3ccc(N(c4ccccc4)c4ccc(CCC(=O)OC)cc4)cc3)cc2)cc1. The van der Waals surface area contributed by atoms with E-state index in [1.165, 1.54) is 14.2 Å². The summed E-state index contributed by atoms with van der Waals surface area (Å²) in [6.45, 7) is 0. The molecule has 0 aliphatic heterocycles. The van der Waals surface area contributed by atoms with Crippen molar-refractivity contribution >= 4 is 57.1 Å². The number of para-hydroxylation sites is 4. The normalized spacial score (nSPS) is 10.9. The van der Waals surface area contributed by atoms with Crippen molar-refractivity contribution in [1.29, 1.82) is 0 Å². The summed E-state index contributed by atoms with van der Waals surface area (Å²) in [5, 5.41) is 0. The Labute approximate surface area is 350 Å². The Kier molecular flexibility index (Phi) is 12.0. The molecule has 0 unspecified atom stereocenters. The predicted molar refractivity (Wildman–Crippen MR) is 240 cm³/mol. The third-order valence-corrected chi connectivity index (χ3v) is 10.5. The molecule has 1 heterocycles. The van der Waals surface area contributed by atoms with Crippen molar-refractivity contribution < 1.29 is 19.1 Å². The lowest BCUT2D eigenvalue weighted by atomic mass is 10.0. The molecular formula is C52H44N4O4. The molecular weight excluding hydrogens is 745 g/mol. The fourth-order valence-corrected chi connectivity index (χ4v) is 7.31. The quantitative estimate of drug-likeness (QED) is 0.101. The van der Waals surface area contributed by atoms with Crippen LogP contribution in [0.4, 0.5) is 34.1 Å². The van der Waals surface area contributed by atoms with Gasteiger partial charge < -0.3 is 19.3 Å². The largest absolute Gasteiger partial charge is 0.469 e. The van der Waals surface area contributed by atoms with Gasteiger partial charge in [-0.1, -0.05) is 97.1 Å². The molecule has 0 N–H and O–H groups in total. The van der Waals surface area contributed by atoms with Gasteiger partial charge in [-0.3, -0.25) is 9.59 Å². The van der Waals surface area contributed by atoms with E-state index in [0.717, 1.165) is 78.8 Å². The van der Waals surface area contributed by atoms with E-state index in [4.69, 9.17) is 19.4 Å². The molecule has 0 saturated heterocycles. The number of esters is 2. The van der Waals surface area contributed by atoms with Crippen molar-refractivity contribution in [2.24, 2.45) is 0 Å². The van der Waals surface area contributed by atoms with Gasteiger partial charge in [0, 0.05) is 58.1 Å². The summed E-state index contributed by atoms with van der Waals surface area (Å²) in [6, 6.07) is 62.1. The molecule has 1 aromatic heterocycles. The summed E-state index contributed by atoms with van der Waals surface area (Å²) in [6.07, 6.45) is 1.91. The number of aryl methyl sites for hydroxylation is 2. The maximum absolute atomic E-state index is 11.8. The second-order valence-corrected chi connectivity index (χ2v) is 14.3. The second-order valence-electron chi connectivity index (χ2n) is 14.3. The van der Waals surface area contributed by atoms with E-state index in [-0.39, 0.29) is 11.9 Å². The van der Waals surface area contributed by atoms with E-state index in [1.807, 2.05) is 60.7 Å². The standard InChI is InChI=1S/C52H44N4O4/c1-59-49(57)35-21-37-17-27-43(28-18-37)55(41-11-5-3-6-12-41)45-31-23-39(24-32-45)51-52(54-48-16-10-9-15-47(48)53-51)40-25-33-46(34-26-40)56(42-13-7-4-8-14-42)44-29-19-38(20-30-44)22-36-50(58)60-2/h3-20,23-34H,21-22,35-36H2,1-2H3. The number of aromatic nitrogens is 2. The Morgan fingerprint density at radius 1 is 0.400 bits per heavy atom. The highest BCUT2D eigenvalue weighted by Gasteiger charge is 2.18. The smallest absolute Gasteiger partial charge is 0.305 e. The van der Waals surface area contributed by atoms with E-state index < -0.39 is 0 Å². The topological polar surface area (TPSA) is 84.9 Å². The van der Waals surface area contributed by atoms with Crippen molar-refractivity contribution in [2.75, 3.05) is 24.0 Å². The Bertz CT molecular complexity index is 2500. The summed E-state index contributed by atoms with van der Waals surface area (Å²) in [4.78, 5) is 38.4. The monoisotopic (exact) mass is 788 g/mol. The summed E-state index contributed by atoms with van der Waals surface area (Å²) in [7, 11) is 2.83. The van der Waals surface area contributed by atoms with Crippen LogP contribution in [0.1, 0.15) is 24.0 Å². The third-order valence-electron chi connectivity index (χ3n) is 10.5. The lowest BCUT2D eigenvalue weighted by Gasteiger charge is -2.26. The molecule has 60 heavy (non-hydrogen) atoms. The number of fused-ring (bicyclic) bond motifs is 1. The lowest BCUT2D eigenvalue weighted by Crippen LogP contribution is -2.10. The van der Waals surface area contributed by atoms with Crippen LogP contribution >= 0.6 is 0 Å². The number of nitrogens with zero attached hydrogens (tertiary/aromatic N) is 4. The van der Waals surface area contributed by atoms with Gasteiger partial charge in [0.25, 0.3) is 0 Å². The molecule has 296 valence electrons. The highest BCUT2D eigenvalue weighted by atomic mass is 16.5. The lowest BCUT2D eigenvalue weighted by molar-refractivity contribution is -0.141. The Morgan fingerprint density at radius 3 is 1.03 bits per heavy atom. The number of anilines is 6. The first-order chi connectivity index (χ1) is 29.5. The molecule has 0 amide bonds. The van der Waals surface area contributed by atoms with Crippen molar-refractivity contribution in [3.8, 4) is 22.5 Å². The van der Waals surface area contributed by atoms with Gasteiger partial charge in [0.1, 0.15) is 0 Å². The van der Waals surface area contributed by atoms with Gasteiger partial charge in [0.15, 0.2) is 0 Å². The molecule has 8 rings (SSSR count). The van der Waals surface area contributed by atoms with E-state index in [9.17, 15) is 9.59 Å². The van der Waals surface area contributed by atoms with Crippen molar-refractivity contribution in [3.05, 3.63) is 193 Å². The van der Waals surface area contributed by atoms with Crippen molar-refractivity contribution in [3.63, 3.8) is 0 Å². The van der Waals surface area contributed by atoms with Gasteiger partial charge in [-0.25, -0.2) is 9.97 Å². The van der Waals surface area contributed by atoms with E-state index >= 15 is 0 Å². The fourth-order valence-electron chi connectivity index (χ4n) is 7.31. The highest BCUT2D eigenvalue weighted by Crippen LogP contribution is 2.39. The molecule has 0 saturated carbocycles. The number of ether oxygens (including phenoxy) is 2. The van der Waals surface area contributed by atoms with Gasteiger partial charge in [0.05, 0.1) is 36.6 Å². The average molecular weight is 789 g/mol. The first-order valence-corrected chi connectivity index (χ1v) is 20.0. The second kappa shape index (κ2) is 18.3. The fraction of sp³-hybridized carbons (Fsp3) is 0.115. The van der Waals surface area contributed by atoms with E-state index in [2.05, 4.69) is 131 Å². The van der Waals surface area contributed by atoms with Gasteiger partial charge in [0.2, 0.25) is 0 Å². The zero-order valence-corrected chi connectivity index (χ0v) is 33.6. The number of hydrogen-bond donors (Lipinski definition) is 0. The van der Waals surface area contributed by atoms with Gasteiger partial charge in [-0.05, 0) is 109 Å². The van der Waals surface area contributed by atoms with Crippen LogP contribution in [0.2, 0.25) is 0 Å². The number of carbonyl (C=O) groups is 2. The average Bonchev–Trinajstić information content (AvgIpc) is 3.31. The first kappa shape index (κ1) is 39.3. The maximum atomic E-state index is 11.8. The number of benzene rings is 7. The number of methoxy groups -OCH3 is 2. The Balaban J connectivity index is 1.13. The van der Waals surface area contributed by atoms with Gasteiger partial charge in [-0.2, -0.15) is 0 Å². The molecule has 0 atom stereocenters. The summed E-state index contributed by atoms with van der Waals surface area (Å²) in [5.74, 6) is -0.436. The van der Waals surface area contributed by atoms with E-state index in [0.29, 0.717) is 25.7 Å².